The maximum Gasteiger partial charge on any atom is 0.148 e. The number of nitrogens with zero attached hydrogens (tertiary/aromatic N) is 2. The van der Waals surface area contributed by atoms with Crippen LogP contribution in [0.4, 0.5) is 5.82 Å². The summed E-state index contributed by atoms with van der Waals surface area (Å²) in [5, 5.41) is 10.9. The van der Waals surface area contributed by atoms with Gasteiger partial charge in [-0.15, -0.1) is 5.10 Å². The van der Waals surface area contributed by atoms with E-state index in [4.69, 9.17) is 0 Å². The maximum atomic E-state index is 3.92. The van der Waals surface area contributed by atoms with E-state index < -0.39 is 0 Å². The Morgan fingerprint density at radius 1 is 1.58 bits per heavy atom. The van der Waals surface area contributed by atoms with Gasteiger partial charge in [-0.3, -0.25) is 0 Å². The smallest absolute Gasteiger partial charge is 0.148 e. The van der Waals surface area contributed by atoms with Gasteiger partial charge < -0.3 is 5.32 Å². The molecule has 0 radical (unpaired) electrons. The van der Waals surface area contributed by atoms with Crippen molar-refractivity contribution in [2.45, 2.75) is 20.3 Å². The molecule has 0 saturated carbocycles. The van der Waals surface area contributed by atoms with Crippen molar-refractivity contribution in [3.8, 4) is 0 Å². The van der Waals surface area contributed by atoms with Crippen molar-refractivity contribution in [1.82, 2.24) is 10.2 Å². The molecule has 1 rings (SSSR count). The van der Waals surface area contributed by atoms with Crippen molar-refractivity contribution in [3.05, 3.63) is 18.3 Å². The summed E-state index contributed by atoms with van der Waals surface area (Å²) in [7, 11) is 0. The summed E-state index contributed by atoms with van der Waals surface area (Å²) in [6.07, 6.45) is 2.86. The van der Waals surface area contributed by atoms with E-state index in [1.54, 1.807) is 6.20 Å². The van der Waals surface area contributed by atoms with Crippen LogP contribution in [0, 0.1) is 5.92 Å². The van der Waals surface area contributed by atoms with Crippen molar-refractivity contribution in [3.63, 3.8) is 0 Å². The lowest BCUT2D eigenvalue weighted by molar-refractivity contribution is 0.592. The van der Waals surface area contributed by atoms with Gasteiger partial charge in [0.15, 0.2) is 0 Å². The first-order chi connectivity index (χ1) is 5.83. The molecule has 0 aliphatic rings. The minimum absolute atomic E-state index is 0.687. The van der Waals surface area contributed by atoms with Gasteiger partial charge in [-0.25, -0.2) is 0 Å². The van der Waals surface area contributed by atoms with Crippen LogP contribution in [0.5, 0.6) is 0 Å². The Balaban J connectivity index is 2.33. The van der Waals surface area contributed by atoms with Gasteiger partial charge in [0.05, 0.1) is 0 Å². The average Bonchev–Trinajstić information content (AvgIpc) is 2.16. The molecule has 0 aliphatic heterocycles. The Bertz CT molecular complexity index is 210. The van der Waals surface area contributed by atoms with E-state index in [-0.39, 0.29) is 0 Å². The van der Waals surface area contributed by atoms with Gasteiger partial charge in [0.1, 0.15) is 5.82 Å². The van der Waals surface area contributed by atoms with Gasteiger partial charge in [-0.1, -0.05) is 20.3 Å². The molecule has 0 saturated heterocycles. The quantitative estimate of drug-likeness (QED) is 0.740. The fourth-order valence-electron chi connectivity index (χ4n) is 0.819. The molecule has 1 N–H and O–H groups in total. The van der Waals surface area contributed by atoms with E-state index in [0.29, 0.717) is 5.92 Å². The third-order valence-corrected chi connectivity index (χ3v) is 1.90. The number of hydrogen-bond donors (Lipinski definition) is 1. The van der Waals surface area contributed by atoms with Gasteiger partial charge >= 0.3 is 0 Å². The highest BCUT2D eigenvalue weighted by Crippen LogP contribution is 2.03. The largest absolute Gasteiger partial charge is 0.368 e. The highest BCUT2D eigenvalue weighted by molar-refractivity contribution is 5.31. The van der Waals surface area contributed by atoms with Crippen molar-refractivity contribution in [2.24, 2.45) is 5.92 Å². The minimum atomic E-state index is 0.687. The topological polar surface area (TPSA) is 37.8 Å². The third kappa shape index (κ3) is 2.86. The Morgan fingerprint density at radius 3 is 3.00 bits per heavy atom. The van der Waals surface area contributed by atoms with Gasteiger partial charge in [0.2, 0.25) is 0 Å². The summed E-state index contributed by atoms with van der Waals surface area (Å²) in [5.41, 5.74) is 0. The normalized spacial score (nSPS) is 12.5. The summed E-state index contributed by atoms with van der Waals surface area (Å²) < 4.78 is 0. The summed E-state index contributed by atoms with van der Waals surface area (Å²) in [4.78, 5) is 0. The molecule has 12 heavy (non-hydrogen) atoms. The monoisotopic (exact) mass is 165 g/mol. The Hall–Kier alpha value is -1.12. The summed E-state index contributed by atoms with van der Waals surface area (Å²) in [5.74, 6) is 1.55. The lowest BCUT2D eigenvalue weighted by Crippen LogP contribution is -2.11. The molecule has 0 amide bonds. The molecule has 1 heterocycles. The highest BCUT2D eigenvalue weighted by atomic mass is 15.2. The summed E-state index contributed by atoms with van der Waals surface area (Å²) in [6.45, 7) is 5.36. The number of nitrogens with one attached hydrogen (secondary N) is 1. The first-order valence-electron chi connectivity index (χ1n) is 4.34. The van der Waals surface area contributed by atoms with Crippen LogP contribution in [0.3, 0.4) is 0 Å². The van der Waals surface area contributed by atoms with Crippen LogP contribution in [-0.4, -0.2) is 16.7 Å². The molecule has 0 fully saturated rings. The number of hydrogen-bond acceptors (Lipinski definition) is 3. The second-order valence-corrected chi connectivity index (χ2v) is 3.00. The lowest BCUT2D eigenvalue weighted by atomic mass is 10.1. The van der Waals surface area contributed by atoms with Crippen molar-refractivity contribution < 1.29 is 0 Å². The zero-order valence-electron chi connectivity index (χ0n) is 7.62. The lowest BCUT2D eigenvalue weighted by Gasteiger charge is -2.09. The molecule has 1 aromatic heterocycles. The molecule has 1 atom stereocenters. The Kier molecular flexibility index (Phi) is 3.51. The van der Waals surface area contributed by atoms with Crippen LogP contribution in [0.1, 0.15) is 20.3 Å². The van der Waals surface area contributed by atoms with Gasteiger partial charge in [0.25, 0.3) is 0 Å². The van der Waals surface area contributed by atoms with E-state index in [9.17, 15) is 0 Å². The first kappa shape index (κ1) is 8.97. The van der Waals surface area contributed by atoms with Crippen LogP contribution in [0.15, 0.2) is 18.3 Å². The summed E-state index contributed by atoms with van der Waals surface area (Å²) >= 11 is 0. The highest BCUT2D eigenvalue weighted by Gasteiger charge is 1.97. The molecule has 0 spiro atoms. The average molecular weight is 165 g/mol. The standard InChI is InChI=1S/C9H15N3/c1-3-8(2)7-10-9-5-4-6-11-12-9/h4-6,8H,3,7H2,1-2H3,(H,10,12). The van der Waals surface area contributed by atoms with Gasteiger partial charge in [-0.05, 0) is 18.1 Å². The van der Waals surface area contributed by atoms with Crippen molar-refractivity contribution >= 4 is 5.82 Å². The van der Waals surface area contributed by atoms with E-state index in [1.165, 1.54) is 6.42 Å². The van der Waals surface area contributed by atoms with E-state index >= 15 is 0 Å². The molecule has 1 unspecified atom stereocenters. The fraction of sp³-hybridized carbons (Fsp3) is 0.556. The molecule has 0 aromatic carbocycles. The molecule has 0 aliphatic carbocycles. The fourth-order valence-corrected chi connectivity index (χ4v) is 0.819. The zero-order valence-corrected chi connectivity index (χ0v) is 7.62. The van der Waals surface area contributed by atoms with E-state index in [0.717, 1.165) is 12.4 Å². The number of anilines is 1. The van der Waals surface area contributed by atoms with Crippen molar-refractivity contribution in [2.75, 3.05) is 11.9 Å². The minimum Gasteiger partial charge on any atom is -0.368 e. The molecule has 3 heteroatoms. The summed E-state index contributed by atoms with van der Waals surface area (Å²) in [6, 6.07) is 3.81. The van der Waals surface area contributed by atoms with Crippen LogP contribution in [0.2, 0.25) is 0 Å². The van der Waals surface area contributed by atoms with Crippen molar-refractivity contribution in [1.29, 1.82) is 0 Å². The van der Waals surface area contributed by atoms with Crippen LogP contribution in [-0.2, 0) is 0 Å². The first-order valence-corrected chi connectivity index (χ1v) is 4.34. The number of aromatic nitrogens is 2. The predicted octanol–water partition coefficient (Wildman–Crippen LogP) is 1.93. The van der Waals surface area contributed by atoms with Crippen LogP contribution >= 0.6 is 0 Å². The Morgan fingerprint density at radius 2 is 2.42 bits per heavy atom. The zero-order chi connectivity index (χ0) is 8.81. The predicted molar refractivity (Wildman–Crippen MR) is 50.0 cm³/mol. The van der Waals surface area contributed by atoms with E-state index in [1.807, 2.05) is 12.1 Å². The second kappa shape index (κ2) is 4.70. The van der Waals surface area contributed by atoms with Gasteiger partial charge in [0, 0.05) is 12.7 Å². The Labute approximate surface area is 73.2 Å². The number of rotatable bonds is 4. The second-order valence-electron chi connectivity index (χ2n) is 3.00. The molecular weight excluding hydrogens is 150 g/mol. The molecule has 1 aromatic rings. The molecule has 3 nitrogen and oxygen atoms in total. The third-order valence-electron chi connectivity index (χ3n) is 1.90. The van der Waals surface area contributed by atoms with Crippen LogP contribution < -0.4 is 5.32 Å². The van der Waals surface area contributed by atoms with Crippen LogP contribution in [0.25, 0.3) is 0 Å². The van der Waals surface area contributed by atoms with Gasteiger partial charge in [-0.2, -0.15) is 5.10 Å². The SMILES string of the molecule is CCC(C)CNc1cccnn1. The molecular formula is C9H15N3. The van der Waals surface area contributed by atoms with E-state index in [2.05, 4.69) is 29.4 Å². The maximum absolute atomic E-state index is 3.92. The molecule has 0 bridgehead atoms. The molecule has 66 valence electrons.